The van der Waals surface area contributed by atoms with Gasteiger partial charge in [0.15, 0.2) is 17.7 Å². The van der Waals surface area contributed by atoms with Crippen LogP contribution in [0.15, 0.2) is 54.0 Å². The average molecular weight is 587 g/mol. The Hall–Kier alpha value is -2.57. The van der Waals surface area contributed by atoms with Crippen molar-refractivity contribution in [2.45, 2.75) is 90.4 Å². The van der Waals surface area contributed by atoms with Crippen molar-refractivity contribution < 1.29 is 31.2 Å². The molecule has 0 spiro atoms. The Bertz CT molecular complexity index is 1120. The van der Waals surface area contributed by atoms with Crippen molar-refractivity contribution in [2.24, 2.45) is 7.05 Å². The number of aryl methyl sites for hydroxylation is 1. The molecule has 0 saturated carbocycles. The molecular formula is C33H47ClN2O3S. The maximum absolute atomic E-state index is 12.7. The second-order valence-electron chi connectivity index (χ2n) is 10.3. The van der Waals surface area contributed by atoms with E-state index in [-0.39, 0.29) is 24.7 Å². The number of rotatable bonds is 19. The van der Waals surface area contributed by atoms with Gasteiger partial charge < -0.3 is 27.2 Å². The van der Waals surface area contributed by atoms with Crippen molar-refractivity contribution in [1.82, 2.24) is 0 Å². The van der Waals surface area contributed by atoms with E-state index < -0.39 is 0 Å². The van der Waals surface area contributed by atoms with Gasteiger partial charge in [-0.1, -0.05) is 95.0 Å². The van der Waals surface area contributed by atoms with Gasteiger partial charge in [0.25, 0.3) is 5.01 Å². The van der Waals surface area contributed by atoms with Crippen LogP contribution in [0.4, 0.5) is 5.69 Å². The lowest BCUT2D eigenvalue weighted by Gasteiger charge is -2.13. The Morgan fingerprint density at radius 2 is 1.48 bits per heavy atom. The van der Waals surface area contributed by atoms with Crippen LogP contribution in [0.3, 0.4) is 0 Å². The quantitative estimate of drug-likeness (QED) is 0.149. The molecule has 0 radical (unpaired) electrons. The molecule has 1 heterocycles. The Labute approximate surface area is 251 Å². The maximum atomic E-state index is 12.7. The summed E-state index contributed by atoms with van der Waals surface area (Å²) in [5.41, 5.74) is 2.83. The van der Waals surface area contributed by atoms with Gasteiger partial charge in [-0.25, -0.2) is 0 Å². The number of carbonyl (C=O) groups excluding carboxylic acids is 1. The summed E-state index contributed by atoms with van der Waals surface area (Å²) < 4.78 is 13.6. The summed E-state index contributed by atoms with van der Waals surface area (Å²) >= 11 is 1.70. The number of hydrogen-bond donors (Lipinski definition) is 1. The lowest BCUT2D eigenvalue weighted by Crippen LogP contribution is -3.00. The van der Waals surface area contributed by atoms with E-state index in [1.54, 1.807) is 18.4 Å². The van der Waals surface area contributed by atoms with Gasteiger partial charge in [-0.3, -0.25) is 4.79 Å². The molecule has 0 unspecified atom stereocenters. The molecule has 5 nitrogen and oxygen atoms in total. The van der Waals surface area contributed by atoms with Gasteiger partial charge >= 0.3 is 0 Å². The summed E-state index contributed by atoms with van der Waals surface area (Å²) in [6.07, 6.45) is 18.2. The molecule has 0 bridgehead atoms. The zero-order valence-electron chi connectivity index (χ0n) is 24.6. The summed E-state index contributed by atoms with van der Waals surface area (Å²) in [4.78, 5) is 12.7. The molecule has 3 aromatic rings. The Morgan fingerprint density at radius 3 is 2.05 bits per heavy atom. The Kier molecular flexibility index (Phi) is 16.4. The minimum absolute atomic E-state index is 0. The van der Waals surface area contributed by atoms with Crippen molar-refractivity contribution in [3.8, 4) is 22.1 Å². The lowest BCUT2D eigenvalue weighted by atomic mass is 10.1. The Morgan fingerprint density at radius 1 is 0.850 bits per heavy atom. The van der Waals surface area contributed by atoms with Crippen LogP contribution < -0.4 is 31.8 Å². The number of amides is 1. The summed E-state index contributed by atoms with van der Waals surface area (Å²) in [5, 5.41) is 6.26. The van der Waals surface area contributed by atoms with Gasteiger partial charge in [-0.15, -0.1) is 0 Å². The number of hydrogen-bond acceptors (Lipinski definition) is 4. The largest absolute Gasteiger partial charge is 1.00 e. The van der Waals surface area contributed by atoms with E-state index >= 15 is 0 Å². The third-order valence-corrected chi connectivity index (χ3v) is 8.05. The van der Waals surface area contributed by atoms with Crippen molar-refractivity contribution in [3.63, 3.8) is 0 Å². The van der Waals surface area contributed by atoms with Crippen LogP contribution in [0, 0.1) is 0 Å². The van der Waals surface area contributed by atoms with Gasteiger partial charge in [0, 0.05) is 5.69 Å². The normalized spacial score (nSPS) is 10.7. The molecule has 0 saturated heterocycles. The molecule has 220 valence electrons. The molecule has 0 aliphatic rings. The molecule has 7 heteroatoms. The lowest BCUT2D eigenvalue weighted by molar-refractivity contribution is -0.655. The number of halogens is 1. The fourth-order valence-electron chi connectivity index (χ4n) is 4.76. The number of ether oxygens (including phenoxy) is 2. The smallest absolute Gasteiger partial charge is 0.268 e. The van der Waals surface area contributed by atoms with E-state index in [9.17, 15) is 4.79 Å². The van der Waals surface area contributed by atoms with Crippen molar-refractivity contribution in [2.75, 3.05) is 19.0 Å². The summed E-state index contributed by atoms with van der Waals surface area (Å²) in [6.45, 7) is 2.94. The van der Waals surface area contributed by atoms with Crippen LogP contribution >= 0.6 is 11.3 Å². The van der Waals surface area contributed by atoms with Crippen LogP contribution in [0.25, 0.3) is 10.6 Å². The molecule has 0 aliphatic heterocycles. The summed E-state index contributed by atoms with van der Waals surface area (Å²) in [5.74, 6) is 1.36. The van der Waals surface area contributed by atoms with Gasteiger partial charge in [0.1, 0.15) is 7.05 Å². The minimum atomic E-state index is -0.0542. The van der Waals surface area contributed by atoms with Crippen LogP contribution in [0.1, 0.15) is 89.5 Å². The second kappa shape index (κ2) is 19.5. The highest BCUT2D eigenvalue weighted by molar-refractivity contribution is 7.12. The zero-order chi connectivity index (χ0) is 27.7. The predicted molar refractivity (Wildman–Crippen MR) is 163 cm³/mol. The highest BCUT2D eigenvalue weighted by Crippen LogP contribution is 2.29. The topological polar surface area (TPSA) is 51.4 Å². The first-order chi connectivity index (χ1) is 19.1. The molecule has 0 fully saturated rings. The molecule has 0 aliphatic carbocycles. The molecule has 1 amide bonds. The number of thiazole rings is 1. The summed E-state index contributed by atoms with van der Waals surface area (Å²) in [7, 11) is 3.69. The number of methoxy groups -OCH3 is 1. The van der Waals surface area contributed by atoms with E-state index in [2.05, 4.69) is 22.2 Å². The van der Waals surface area contributed by atoms with E-state index in [4.69, 9.17) is 9.47 Å². The number of nitrogens with zero attached hydrogens (tertiary/aromatic N) is 1. The van der Waals surface area contributed by atoms with E-state index in [1.807, 2.05) is 55.7 Å². The number of aromatic nitrogens is 1. The van der Waals surface area contributed by atoms with E-state index in [0.29, 0.717) is 18.1 Å². The van der Waals surface area contributed by atoms with Crippen LogP contribution in [0.5, 0.6) is 11.5 Å². The van der Waals surface area contributed by atoms with Crippen molar-refractivity contribution >= 4 is 22.9 Å². The van der Waals surface area contributed by atoms with Gasteiger partial charge in [0.2, 0.25) is 5.91 Å². The number of unbranched alkanes of at least 4 members (excludes halogenated alkanes) is 11. The third-order valence-electron chi connectivity index (χ3n) is 7.05. The van der Waals surface area contributed by atoms with Crippen LogP contribution in [-0.4, -0.2) is 19.6 Å². The summed E-state index contributed by atoms with van der Waals surface area (Å²) in [6, 6.07) is 13.7. The number of nitrogens with one attached hydrogen (secondary N) is 1. The first kappa shape index (κ1) is 33.6. The maximum Gasteiger partial charge on any atom is 0.268 e. The molecule has 0 atom stereocenters. The SMILES string of the molecule is CCCCCCCCCCCCCCOc1cc(CC(=O)Nc2ccc(-c3scc[n+]3C)cc2)ccc1OC.[Cl-]. The standard InChI is InChI=1S/C33H46N2O3S.ClH/c1-4-5-6-7-8-9-10-11-12-13-14-15-23-38-31-25-27(16-21-30(31)37-3)26-32(36)34-29-19-17-28(18-20-29)33-35(2)22-24-39-33;/h16-22,24-25H,4-15,23,26H2,1-3H3;1H. The predicted octanol–water partition coefficient (Wildman–Crippen LogP) is 5.51. The minimum Gasteiger partial charge on any atom is -1.00 e. The number of anilines is 1. The van der Waals surface area contributed by atoms with Gasteiger partial charge in [-0.2, -0.15) is 4.57 Å². The molecule has 2 aromatic carbocycles. The van der Waals surface area contributed by atoms with Gasteiger partial charge in [0.05, 0.1) is 31.1 Å². The molecule has 1 N–H and O–H groups in total. The average Bonchev–Trinajstić information content (AvgIpc) is 3.37. The molecular weight excluding hydrogens is 540 g/mol. The zero-order valence-corrected chi connectivity index (χ0v) is 26.1. The highest BCUT2D eigenvalue weighted by atomic mass is 35.5. The van der Waals surface area contributed by atoms with Crippen LogP contribution in [0.2, 0.25) is 0 Å². The highest BCUT2D eigenvalue weighted by Gasteiger charge is 2.12. The second-order valence-corrected chi connectivity index (χ2v) is 11.2. The fraction of sp³-hybridized carbons (Fsp3) is 0.515. The first-order valence-corrected chi connectivity index (χ1v) is 15.6. The fourth-order valence-corrected chi connectivity index (χ4v) is 5.64. The molecule has 40 heavy (non-hydrogen) atoms. The van der Waals surface area contributed by atoms with Gasteiger partial charge in [-0.05, 0) is 48.4 Å². The third kappa shape index (κ3) is 11.9. The van der Waals surface area contributed by atoms with Crippen molar-refractivity contribution in [1.29, 1.82) is 0 Å². The van der Waals surface area contributed by atoms with Crippen molar-refractivity contribution in [3.05, 3.63) is 59.6 Å². The monoisotopic (exact) mass is 586 g/mol. The molecule has 3 rings (SSSR count). The number of carbonyl (C=O) groups is 1. The molecule has 1 aromatic heterocycles. The number of benzene rings is 2. The van der Waals surface area contributed by atoms with E-state index in [1.165, 1.54) is 75.6 Å². The Balaban J connectivity index is 0.00000560. The van der Waals surface area contributed by atoms with E-state index in [0.717, 1.165) is 23.2 Å². The van der Waals surface area contributed by atoms with Crippen LogP contribution in [-0.2, 0) is 18.3 Å². The first-order valence-electron chi connectivity index (χ1n) is 14.7.